The molecule has 0 saturated carbocycles. The third-order valence-corrected chi connectivity index (χ3v) is 4.70. The topological polar surface area (TPSA) is 73.7 Å². The smallest absolute Gasteiger partial charge is 0.337 e. The van der Waals surface area contributed by atoms with Crippen molar-refractivity contribution in [2.24, 2.45) is 0 Å². The number of anilines is 1. The molecule has 6 nitrogen and oxygen atoms in total. The summed E-state index contributed by atoms with van der Waals surface area (Å²) in [6, 6.07) is 9.48. The zero-order chi connectivity index (χ0) is 17.3. The largest absolute Gasteiger partial charge is 0.478 e. The van der Waals surface area contributed by atoms with E-state index in [1.54, 1.807) is 29.8 Å². The van der Waals surface area contributed by atoms with Crippen molar-refractivity contribution in [3.63, 3.8) is 0 Å². The number of aromatic nitrogens is 1. The molecule has 0 aliphatic carbocycles. The molecule has 0 saturated heterocycles. The average Bonchev–Trinajstić information content (AvgIpc) is 2.59. The fraction of sp³-hybridized carbons (Fsp3) is 0.235. The quantitative estimate of drug-likeness (QED) is 0.864. The van der Waals surface area contributed by atoms with Gasteiger partial charge in [-0.05, 0) is 30.0 Å². The maximum Gasteiger partial charge on any atom is 0.337 e. The molecule has 1 aromatic heterocycles. The molecule has 1 N–H and O–H groups in total. The molecule has 3 rings (SSSR count). The number of carboxylic acids is 1. The van der Waals surface area contributed by atoms with Crippen molar-refractivity contribution in [2.45, 2.75) is 18.0 Å². The molecule has 1 aliphatic heterocycles. The molecule has 2 aromatic rings. The van der Waals surface area contributed by atoms with Crippen molar-refractivity contribution >= 4 is 29.6 Å². The van der Waals surface area contributed by atoms with Gasteiger partial charge in [0.15, 0.2) is 0 Å². The third-order valence-electron chi connectivity index (χ3n) is 3.96. The number of carbonyl (C=O) groups is 2. The number of urea groups is 1. The summed E-state index contributed by atoms with van der Waals surface area (Å²) in [5.41, 5.74) is 1.89. The number of carbonyl (C=O) groups excluding carboxylic acids is 1. The van der Waals surface area contributed by atoms with Crippen LogP contribution in [0, 0.1) is 0 Å². The van der Waals surface area contributed by atoms with E-state index in [2.05, 4.69) is 4.98 Å². The van der Waals surface area contributed by atoms with Gasteiger partial charge in [-0.2, -0.15) is 0 Å². The third kappa shape index (κ3) is 3.07. The van der Waals surface area contributed by atoms with Crippen LogP contribution < -0.4 is 4.90 Å². The first-order valence-corrected chi connectivity index (χ1v) is 8.60. The Morgan fingerprint density at radius 1 is 1.33 bits per heavy atom. The van der Waals surface area contributed by atoms with Crippen LogP contribution in [0.3, 0.4) is 0 Å². The number of aromatic carboxylic acids is 1. The number of pyridine rings is 1. The Morgan fingerprint density at radius 3 is 2.67 bits per heavy atom. The van der Waals surface area contributed by atoms with Gasteiger partial charge in [-0.25, -0.2) is 14.6 Å². The first kappa shape index (κ1) is 16.3. The van der Waals surface area contributed by atoms with Crippen molar-refractivity contribution in [3.8, 4) is 0 Å². The minimum Gasteiger partial charge on any atom is -0.478 e. The number of hydrogen-bond donors (Lipinski definition) is 1. The van der Waals surface area contributed by atoms with Crippen molar-refractivity contribution in [3.05, 3.63) is 53.2 Å². The number of rotatable bonds is 4. The lowest BCUT2D eigenvalue weighted by Crippen LogP contribution is -2.45. The normalized spacial score (nSPS) is 13.8. The van der Waals surface area contributed by atoms with E-state index in [-0.39, 0.29) is 11.6 Å². The van der Waals surface area contributed by atoms with Gasteiger partial charge in [-0.15, -0.1) is 11.8 Å². The van der Waals surface area contributed by atoms with Crippen LogP contribution in [0.25, 0.3) is 0 Å². The van der Waals surface area contributed by atoms with Gasteiger partial charge in [0.25, 0.3) is 0 Å². The van der Waals surface area contributed by atoms with E-state index < -0.39 is 5.97 Å². The van der Waals surface area contributed by atoms with Crippen molar-refractivity contribution in [1.29, 1.82) is 0 Å². The highest BCUT2D eigenvalue weighted by Crippen LogP contribution is 2.27. The minimum absolute atomic E-state index is 0.126. The summed E-state index contributed by atoms with van der Waals surface area (Å²) in [5, 5.41) is 9.12. The van der Waals surface area contributed by atoms with E-state index >= 15 is 0 Å². The summed E-state index contributed by atoms with van der Waals surface area (Å²) >= 11 is 1.67. The van der Waals surface area contributed by atoms with Crippen LogP contribution in [0.15, 0.2) is 41.4 Å². The molecular weight excluding hydrogens is 326 g/mol. The molecule has 24 heavy (non-hydrogen) atoms. The Morgan fingerprint density at radius 2 is 2.04 bits per heavy atom. The van der Waals surface area contributed by atoms with Gasteiger partial charge < -0.3 is 10.0 Å². The van der Waals surface area contributed by atoms with Gasteiger partial charge in [0.2, 0.25) is 0 Å². The van der Waals surface area contributed by atoms with Gasteiger partial charge in [-0.1, -0.05) is 12.1 Å². The fourth-order valence-electron chi connectivity index (χ4n) is 2.69. The lowest BCUT2D eigenvalue weighted by Gasteiger charge is -2.34. The highest BCUT2D eigenvalue weighted by Gasteiger charge is 2.29. The predicted molar refractivity (Wildman–Crippen MR) is 92.5 cm³/mol. The number of fused-ring (bicyclic) bond motifs is 1. The monoisotopic (exact) mass is 343 g/mol. The molecule has 0 bridgehead atoms. The molecule has 1 aromatic carbocycles. The van der Waals surface area contributed by atoms with Crippen LogP contribution >= 0.6 is 11.8 Å². The first-order chi connectivity index (χ1) is 11.5. The molecule has 2 heterocycles. The second-order valence-corrected chi connectivity index (χ2v) is 6.44. The molecule has 124 valence electrons. The lowest BCUT2D eigenvalue weighted by atomic mass is 10.1. The first-order valence-electron chi connectivity index (χ1n) is 7.37. The number of carboxylic acid groups (broad SMARTS) is 1. The van der Waals surface area contributed by atoms with Gasteiger partial charge in [0.05, 0.1) is 12.1 Å². The molecule has 0 spiro atoms. The van der Waals surface area contributed by atoms with E-state index in [0.29, 0.717) is 18.9 Å². The minimum atomic E-state index is -1.02. The van der Waals surface area contributed by atoms with Crippen LogP contribution in [0.2, 0.25) is 0 Å². The molecule has 7 heteroatoms. The zero-order valence-corrected chi connectivity index (χ0v) is 14.2. The number of nitrogens with zero attached hydrogens (tertiary/aromatic N) is 3. The summed E-state index contributed by atoms with van der Waals surface area (Å²) in [6.07, 6.45) is 3.30. The molecule has 0 atom stereocenters. The summed E-state index contributed by atoms with van der Waals surface area (Å²) < 4.78 is 0. The molecule has 0 unspecified atom stereocenters. The van der Waals surface area contributed by atoms with Gasteiger partial charge in [0.1, 0.15) is 5.82 Å². The predicted octanol–water partition coefficient (Wildman–Crippen LogP) is 3.07. The zero-order valence-electron chi connectivity index (χ0n) is 13.4. The van der Waals surface area contributed by atoms with Crippen molar-refractivity contribution < 1.29 is 14.7 Å². The molecular formula is C17H17N3O3S. The van der Waals surface area contributed by atoms with Crippen LogP contribution in [0.4, 0.5) is 10.6 Å². The van der Waals surface area contributed by atoms with Gasteiger partial charge >= 0.3 is 12.0 Å². The second-order valence-electron chi connectivity index (χ2n) is 5.56. The number of amides is 2. The Kier molecular flexibility index (Phi) is 4.44. The summed E-state index contributed by atoms with van der Waals surface area (Å²) in [7, 11) is 1.65. The molecule has 0 fully saturated rings. The average molecular weight is 343 g/mol. The Balaban J connectivity index is 1.86. The van der Waals surface area contributed by atoms with Gasteiger partial charge in [0, 0.05) is 30.2 Å². The van der Waals surface area contributed by atoms with Crippen LogP contribution in [-0.4, -0.2) is 40.3 Å². The molecule has 2 amide bonds. The lowest BCUT2D eigenvalue weighted by molar-refractivity contribution is 0.0696. The molecule has 1 aliphatic rings. The van der Waals surface area contributed by atoms with E-state index in [4.69, 9.17) is 5.11 Å². The maximum atomic E-state index is 12.5. The SMILES string of the molecule is CSc1ccc(CN2Cc3cc(C(=O)O)cnc3N(C)C2=O)cc1. The van der Waals surface area contributed by atoms with Crippen LogP contribution in [-0.2, 0) is 13.1 Å². The van der Waals surface area contributed by atoms with Crippen LogP contribution in [0.5, 0.6) is 0 Å². The Bertz CT molecular complexity index is 792. The fourth-order valence-corrected chi connectivity index (χ4v) is 3.10. The Hall–Kier alpha value is -2.54. The van der Waals surface area contributed by atoms with Crippen molar-refractivity contribution in [2.75, 3.05) is 18.2 Å². The standard InChI is InChI=1S/C17H17N3O3S/c1-19-15-13(7-12(8-18-15)16(21)22)10-20(17(19)23)9-11-3-5-14(24-2)6-4-11/h3-8H,9-10H2,1-2H3,(H,21,22). The maximum absolute atomic E-state index is 12.5. The van der Waals surface area contributed by atoms with E-state index in [9.17, 15) is 9.59 Å². The van der Waals surface area contributed by atoms with E-state index in [1.807, 2.05) is 30.5 Å². The Labute approximate surface area is 144 Å². The summed E-state index contributed by atoms with van der Waals surface area (Å²) in [4.78, 5) is 32.1. The second kappa shape index (κ2) is 6.52. The van der Waals surface area contributed by atoms with E-state index in [0.717, 1.165) is 11.1 Å². The van der Waals surface area contributed by atoms with Crippen LogP contribution in [0.1, 0.15) is 21.5 Å². The highest BCUT2D eigenvalue weighted by molar-refractivity contribution is 7.98. The van der Waals surface area contributed by atoms with E-state index in [1.165, 1.54) is 16.0 Å². The number of benzene rings is 1. The molecule has 0 radical (unpaired) electrons. The number of hydrogen-bond acceptors (Lipinski definition) is 4. The highest BCUT2D eigenvalue weighted by atomic mass is 32.2. The number of thioether (sulfide) groups is 1. The van der Waals surface area contributed by atoms with Crippen molar-refractivity contribution in [1.82, 2.24) is 9.88 Å². The van der Waals surface area contributed by atoms with Gasteiger partial charge in [-0.3, -0.25) is 4.90 Å². The summed E-state index contributed by atoms with van der Waals surface area (Å²) in [5.74, 6) is -0.511. The summed E-state index contributed by atoms with van der Waals surface area (Å²) in [6.45, 7) is 0.811.